The first-order valence-electron chi connectivity index (χ1n) is 9.16. The fraction of sp³-hybridized carbons (Fsp3) is 0.238. The van der Waals surface area contributed by atoms with Crippen molar-refractivity contribution in [3.63, 3.8) is 0 Å². The van der Waals surface area contributed by atoms with Gasteiger partial charge in [0.25, 0.3) is 0 Å². The van der Waals surface area contributed by atoms with Gasteiger partial charge in [-0.05, 0) is 24.1 Å². The van der Waals surface area contributed by atoms with Crippen molar-refractivity contribution < 1.29 is 0 Å². The number of nitrogens with zero attached hydrogens (tertiary/aromatic N) is 4. The largest absolute Gasteiger partial charge is 0.397 e. The Morgan fingerprint density at radius 1 is 1.21 bits per heavy atom. The van der Waals surface area contributed by atoms with Gasteiger partial charge in [0.2, 0.25) is 5.96 Å². The number of pyridine rings is 1. The third-order valence-electron chi connectivity index (χ3n) is 4.47. The van der Waals surface area contributed by atoms with Gasteiger partial charge in [0.1, 0.15) is 29.3 Å². The van der Waals surface area contributed by atoms with E-state index in [1.165, 1.54) is 0 Å². The molecule has 0 bridgehead atoms. The summed E-state index contributed by atoms with van der Waals surface area (Å²) < 4.78 is 0. The number of nitrogens with one attached hydrogen (secondary N) is 2. The maximum Gasteiger partial charge on any atom is 0.211 e. The quantitative estimate of drug-likeness (QED) is 0.275. The molecule has 1 aromatic carbocycles. The Bertz CT molecular complexity index is 1090. The molecule has 0 fully saturated rings. The summed E-state index contributed by atoms with van der Waals surface area (Å²) in [4.78, 5) is 8.77. The SMILES string of the molecule is CCCCC#Cc1ccc(C2N=C(NC#N)Nc3nc(N)c(C#N)c(N)c32)cc1. The van der Waals surface area contributed by atoms with E-state index in [0.717, 1.165) is 30.4 Å². The van der Waals surface area contributed by atoms with Crippen LogP contribution in [0.15, 0.2) is 29.3 Å². The first-order chi connectivity index (χ1) is 14.1. The normalized spacial score (nSPS) is 14.2. The zero-order valence-electron chi connectivity index (χ0n) is 16.0. The number of guanidine groups is 1. The van der Waals surface area contributed by atoms with Gasteiger partial charge in [-0.1, -0.05) is 37.3 Å². The molecular formula is C21H20N8. The van der Waals surface area contributed by atoms with E-state index in [-0.39, 0.29) is 23.0 Å². The van der Waals surface area contributed by atoms with Crippen LogP contribution in [-0.4, -0.2) is 10.9 Å². The molecule has 6 N–H and O–H groups in total. The summed E-state index contributed by atoms with van der Waals surface area (Å²) in [6.07, 6.45) is 4.90. The van der Waals surface area contributed by atoms with Crippen molar-refractivity contribution in [1.82, 2.24) is 10.3 Å². The van der Waals surface area contributed by atoms with E-state index in [1.54, 1.807) is 0 Å². The van der Waals surface area contributed by atoms with Gasteiger partial charge in [0.15, 0.2) is 6.19 Å². The third-order valence-corrected chi connectivity index (χ3v) is 4.47. The van der Waals surface area contributed by atoms with E-state index in [9.17, 15) is 5.26 Å². The first-order valence-corrected chi connectivity index (χ1v) is 9.16. The molecule has 0 amide bonds. The van der Waals surface area contributed by atoms with Crippen LogP contribution < -0.4 is 22.1 Å². The summed E-state index contributed by atoms with van der Waals surface area (Å²) in [5.74, 6) is 6.91. The van der Waals surface area contributed by atoms with E-state index in [4.69, 9.17) is 16.7 Å². The Morgan fingerprint density at radius 3 is 2.62 bits per heavy atom. The lowest BCUT2D eigenvalue weighted by atomic mass is 9.94. The second kappa shape index (κ2) is 8.65. The number of aromatic nitrogens is 1. The maximum atomic E-state index is 9.37. The topological polar surface area (TPSA) is 149 Å². The number of aliphatic imine (C=N–C) groups is 1. The molecule has 0 radical (unpaired) electrons. The molecule has 0 saturated carbocycles. The third kappa shape index (κ3) is 4.05. The number of hydrogen-bond donors (Lipinski definition) is 4. The molecular weight excluding hydrogens is 364 g/mol. The summed E-state index contributed by atoms with van der Waals surface area (Å²) in [7, 11) is 0. The lowest BCUT2D eigenvalue weighted by molar-refractivity contribution is 0.828. The molecule has 8 nitrogen and oxygen atoms in total. The van der Waals surface area contributed by atoms with E-state index >= 15 is 0 Å². The predicted octanol–water partition coefficient (Wildman–Crippen LogP) is 2.60. The Balaban J connectivity index is 2.03. The van der Waals surface area contributed by atoms with Crippen LogP contribution in [0, 0.1) is 34.6 Å². The van der Waals surface area contributed by atoms with Crippen molar-refractivity contribution in [3.05, 3.63) is 46.5 Å². The number of nitrogen functional groups attached to an aromatic ring is 2. The molecule has 2 heterocycles. The summed E-state index contributed by atoms with van der Waals surface area (Å²) in [5.41, 5.74) is 14.7. The molecule has 0 spiro atoms. The van der Waals surface area contributed by atoms with Crippen molar-refractivity contribution >= 4 is 23.3 Å². The second-order valence-electron chi connectivity index (χ2n) is 6.43. The number of unbranched alkanes of at least 4 members (excludes halogenated alkanes) is 2. The average molecular weight is 384 g/mol. The van der Waals surface area contributed by atoms with Gasteiger partial charge in [-0.3, -0.25) is 5.32 Å². The number of benzene rings is 1. The van der Waals surface area contributed by atoms with Crippen LogP contribution >= 0.6 is 0 Å². The van der Waals surface area contributed by atoms with Gasteiger partial charge in [-0.25, -0.2) is 9.98 Å². The summed E-state index contributed by atoms with van der Waals surface area (Å²) >= 11 is 0. The van der Waals surface area contributed by atoms with Crippen LogP contribution in [0.25, 0.3) is 0 Å². The second-order valence-corrected chi connectivity index (χ2v) is 6.43. The molecule has 1 aliphatic heterocycles. The number of rotatable bonds is 3. The van der Waals surface area contributed by atoms with E-state index in [2.05, 4.69) is 39.4 Å². The van der Waals surface area contributed by atoms with Crippen LogP contribution in [0.4, 0.5) is 17.3 Å². The Hall–Kier alpha value is -4.22. The molecule has 1 atom stereocenters. The van der Waals surface area contributed by atoms with E-state index in [1.807, 2.05) is 36.5 Å². The number of anilines is 3. The van der Waals surface area contributed by atoms with Crippen molar-refractivity contribution in [3.8, 4) is 24.1 Å². The highest BCUT2D eigenvalue weighted by Crippen LogP contribution is 2.40. The van der Waals surface area contributed by atoms with Crippen LogP contribution in [0.1, 0.15) is 54.5 Å². The summed E-state index contributed by atoms with van der Waals surface area (Å²) in [6.45, 7) is 2.13. The molecule has 8 heteroatoms. The number of nitriles is 2. The smallest absolute Gasteiger partial charge is 0.211 e. The summed E-state index contributed by atoms with van der Waals surface area (Å²) in [6, 6.07) is 9.07. The standard InChI is InChI=1S/C21H20N8/c1-2-3-4-5-6-13-7-9-14(10-8-13)18-16-17(24)15(11-22)19(25)28-20(16)29-21(27-18)26-12-23/h7-10,18H,2-4H2,1H3,(H6,24,25,26,27,28,29). The van der Waals surface area contributed by atoms with Crippen LogP contribution in [0.2, 0.25) is 0 Å². The predicted molar refractivity (Wildman–Crippen MR) is 112 cm³/mol. The lowest BCUT2D eigenvalue weighted by Crippen LogP contribution is -2.32. The van der Waals surface area contributed by atoms with Gasteiger partial charge < -0.3 is 16.8 Å². The molecule has 0 aliphatic carbocycles. The zero-order valence-corrected chi connectivity index (χ0v) is 16.0. The summed E-state index contributed by atoms with van der Waals surface area (Å²) in [5, 5.41) is 23.7. The highest BCUT2D eigenvalue weighted by atomic mass is 15.2. The molecule has 1 unspecified atom stereocenters. The fourth-order valence-corrected chi connectivity index (χ4v) is 3.00. The highest BCUT2D eigenvalue weighted by Gasteiger charge is 2.29. The fourth-order valence-electron chi connectivity index (χ4n) is 3.00. The Kier molecular flexibility index (Phi) is 5.83. The van der Waals surface area contributed by atoms with Gasteiger partial charge in [-0.2, -0.15) is 10.5 Å². The number of hydrogen-bond acceptors (Lipinski definition) is 8. The van der Waals surface area contributed by atoms with Crippen LogP contribution in [0.5, 0.6) is 0 Å². The van der Waals surface area contributed by atoms with Crippen molar-refractivity contribution in [1.29, 1.82) is 10.5 Å². The zero-order chi connectivity index (χ0) is 20.8. The molecule has 1 aliphatic rings. The number of fused-ring (bicyclic) bond motifs is 1. The average Bonchev–Trinajstić information content (AvgIpc) is 2.71. The molecule has 0 saturated heterocycles. The monoisotopic (exact) mass is 384 g/mol. The Labute approximate surface area is 169 Å². The first kappa shape index (κ1) is 19.5. The van der Waals surface area contributed by atoms with Crippen molar-refractivity contribution in [2.24, 2.45) is 4.99 Å². The minimum absolute atomic E-state index is 0.0194. The van der Waals surface area contributed by atoms with Crippen molar-refractivity contribution in [2.75, 3.05) is 16.8 Å². The van der Waals surface area contributed by atoms with Gasteiger partial charge in [0, 0.05) is 17.5 Å². The molecule has 2 aromatic rings. The van der Waals surface area contributed by atoms with E-state index < -0.39 is 6.04 Å². The minimum Gasteiger partial charge on any atom is -0.397 e. The molecule has 1 aromatic heterocycles. The van der Waals surface area contributed by atoms with Crippen LogP contribution in [-0.2, 0) is 0 Å². The van der Waals surface area contributed by atoms with Crippen molar-refractivity contribution in [2.45, 2.75) is 32.2 Å². The lowest BCUT2D eigenvalue weighted by Gasteiger charge is -2.26. The number of nitrogens with two attached hydrogens (primary N) is 2. The molecule has 144 valence electrons. The molecule has 29 heavy (non-hydrogen) atoms. The van der Waals surface area contributed by atoms with Gasteiger partial charge in [-0.15, -0.1) is 0 Å². The highest BCUT2D eigenvalue weighted by molar-refractivity contribution is 5.98. The Morgan fingerprint density at radius 2 is 1.97 bits per heavy atom. The van der Waals surface area contributed by atoms with Gasteiger partial charge in [0.05, 0.1) is 5.69 Å². The minimum atomic E-state index is -0.551. The van der Waals surface area contributed by atoms with Gasteiger partial charge >= 0.3 is 0 Å². The maximum absolute atomic E-state index is 9.37. The van der Waals surface area contributed by atoms with Crippen LogP contribution in [0.3, 0.4) is 0 Å². The molecule has 3 rings (SSSR count). The van der Waals surface area contributed by atoms with E-state index in [0.29, 0.717) is 11.4 Å².